The Bertz CT molecular complexity index is 1060. The van der Waals surface area contributed by atoms with E-state index in [0.29, 0.717) is 50.2 Å². The first kappa shape index (κ1) is 32.3. The summed E-state index contributed by atoms with van der Waals surface area (Å²) in [6.45, 7) is 8.72. The molecule has 8 nitrogen and oxygen atoms in total. The number of ether oxygens (including phenoxy) is 1. The van der Waals surface area contributed by atoms with E-state index in [0.717, 1.165) is 38.8 Å². The zero-order chi connectivity index (χ0) is 25.7. The molecule has 214 valence electrons. The van der Waals surface area contributed by atoms with Crippen molar-refractivity contribution in [3.05, 3.63) is 29.8 Å². The van der Waals surface area contributed by atoms with Crippen molar-refractivity contribution in [3.8, 4) is 0 Å². The number of aryl methyl sites for hydroxylation is 1. The van der Waals surface area contributed by atoms with Gasteiger partial charge in [0.05, 0.1) is 11.4 Å². The van der Waals surface area contributed by atoms with E-state index in [4.69, 9.17) is 4.74 Å². The summed E-state index contributed by atoms with van der Waals surface area (Å²) in [5.41, 5.74) is 0.852. The van der Waals surface area contributed by atoms with Crippen molar-refractivity contribution in [2.45, 2.75) is 58.5 Å². The van der Waals surface area contributed by atoms with E-state index in [1.54, 1.807) is 23.8 Å². The number of para-hydroxylation sites is 1. The topological polar surface area (TPSA) is 79.7 Å². The van der Waals surface area contributed by atoms with Crippen LogP contribution in [-0.4, -0.2) is 83.6 Å². The lowest BCUT2D eigenvalue weighted by Gasteiger charge is -2.39. The number of imidazole rings is 1. The normalized spacial score (nSPS) is 19.3. The maximum Gasteiger partial charge on any atom is 0.290 e. The predicted octanol–water partition coefficient (Wildman–Crippen LogP) is 4.14. The quantitative estimate of drug-likeness (QED) is 0.432. The van der Waals surface area contributed by atoms with E-state index in [-0.39, 0.29) is 66.1 Å². The van der Waals surface area contributed by atoms with Crippen molar-refractivity contribution in [2.24, 2.45) is 11.8 Å². The summed E-state index contributed by atoms with van der Waals surface area (Å²) in [6, 6.07) is 4.66. The highest BCUT2D eigenvalue weighted by atomic mass is 35.5. The van der Waals surface area contributed by atoms with Crippen molar-refractivity contribution in [1.82, 2.24) is 24.7 Å². The number of piperidine rings is 1. The van der Waals surface area contributed by atoms with Crippen LogP contribution in [0.3, 0.4) is 0 Å². The molecule has 1 aromatic carbocycles. The fourth-order valence-corrected chi connectivity index (χ4v) is 5.50. The van der Waals surface area contributed by atoms with Gasteiger partial charge >= 0.3 is 0 Å². The van der Waals surface area contributed by atoms with Crippen molar-refractivity contribution in [1.29, 1.82) is 0 Å². The molecule has 2 atom stereocenters. The number of carbonyl (C=O) groups is 2. The lowest BCUT2D eigenvalue weighted by atomic mass is 9.92. The molecule has 3 heterocycles. The van der Waals surface area contributed by atoms with Crippen molar-refractivity contribution < 1.29 is 18.7 Å². The van der Waals surface area contributed by atoms with Crippen LogP contribution in [0.1, 0.15) is 56.6 Å². The third-order valence-electron chi connectivity index (χ3n) is 7.25. The molecule has 2 aliphatic heterocycles. The minimum atomic E-state index is -0.378. The van der Waals surface area contributed by atoms with Crippen LogP contribution in [0.15, 0.2) is 18.2 Å². The van der Waals surface area contributed by atoms with Crippen molar-refractivity contribution >= 4 is 47.7 Å². The third-order valence-corrected chi connectivity index (χ3v) is 7.25. The first-order valence-electron chi connectivity index (χ1n) is 13.3. The number of hydrogen-bond acceptors (Lipinski definition) is 5. The second kappa shape index (κ2) is 15.0. The average molecular weight is 575 g/mol. The van der Waals surface area contributed by atoms with Gasteiger partial charge in [0.25, 0.3) is 5.91 Å². The molecule has 0 radical (unpaired) electrons. The van der Waals surface area contributed by atoms with Crippen molar-refractivity contribution in [3.63, 3.8) is 0 Å². The number of fused-ring (bicyclic) bond motifs is 1. The minimum absolute atomic E-state index is 0. The lowest BCUT2D eigenvalue weighted by molar-refractivity contribution is -0.135. The minimum Gasteiger partial charge on any atom is -0.385 e. The first-order valence-corrected chi connectivity index (χ1v) is 13.3. The highest BCUT2D eigenvalue weighted by Crippen LogP contribution is 2.26. The number of nitrogens with zero attached hydrogens (tertiary/aromatic N) is 4. The molecule has 0 saturated carbocycles. The summed E-state index contributed by atoms with van der Waals surface area (Å²) >= 11 is 0. The Balaban J connectivity index is 0.00000253. The summed E-state index contributed by atoms with van der Waals surface area (Å²) in [5, 5.41) is 3.41. The fraction of sp³-hybridized carbons (Fsp3) is 0.667. The van der Waals surface area contributed by atoms with Gasteiger partial charge in [-0.05, 0) is 50.2 Å². The molecule has 4 rings (SSSR count). The molecule has 2 fully saturated rings. The average Bonchev–Trinajstić information content (AvgIpc) is 3.53. The number of likely N-dealkylation sites (tertiary alicyclic amines) is 1. The maximum atomic E-state index is 14.9. The zero-order valence-corrected chi connectivity index (χ0v) is 24.3. The van der Waals surface area contributed by atoms with Gasteiger partial charge < -0.3 is 24.4 Å². The van der Waals surface area contributed by atoms with Crippen LogP contribution in [0, 0.1) is 17.7 Å². The van der Waals surface area contributed by atoms with E-state index in [1.807, 2.05) is 9.80 Å². The number of benzene rings is 1. The highest BCUT2D eigenvalue weighted by Gasteiger charge is 2.37. The van der Waals surface area contributed by atoms with E-state index in [2.05, 4.69) is 24.1 Å². The molecule has 0 bridgehead atoms. The van der Waals surface area contributed by atoms with Gasteiger partial charge in [-0.2, -0.15) is 0 Å². The number of unbranched alkanes of at least 4 members (excludes halogenated alkanes) is 1. The van der Waals surface area contributed by atoms with E-state index < -0.39 is 0 Å². The van der Waals surface area contributed by atoms with Crippen molar-refractivity contribution in [2.75, 3.05) is 46.4 Å². The van der Waals surface area contributed by atoms with Gasteiger partial charge in [-0.3, -0.25) is 9.59 Å². The highest BCUT2D eigenvalue weighted by molar-refractivity contribution is 5.95. The van der Waals surface area contributed by atoms with E-state index in [9.17, 15) is 14.0 Å². The summed E-state index contributed by atoms with van der Waals surface area (Å²) in [4.78, 5) is 35.6. The Morgan fingerprint density at radius 2 is 1.92 bits per heavy atom. The molecule has 2 aromatic rings. The summed E-state index contributed by atoms with van der Waals surface area (Å²) < 4.78 is 21.8. The Kier molecular flexibility index (Phi) is 12.7. The monoisotopic (exact) mass is 573 g/mol. The number of rotatable bonds is 10. The molecular formula is C27H42Cl2FN5O3. The number of halogens is 3. The SMILES string of the molecule is COCCCCn1c(C(=O)N(CC(C)C)[C@@H]2CNC[C@H](C(=O)N3CCCC3)C2)nc2cccc(F)c21.Cl.Cl. The molecule has 0 aliphatic carbocycles. The Hall–Kier alpha value is -1.94. The molecule has 38 heavy (non-hydrogen) atoms. The zero-order valence-electron chi connectivity index (χ0n) is 22.7. The molecule has 0 spiro atoms. The Morgan fingerprint density at radius 1 is 1.18 bits per heavy atom. The van der Waals surface area contributed by atoms with Gasteiger partial charge in [-0.15, -0.1) is 24.8 Å². The van der Waals surface area contributed by atoms with Gasteiger partial charge in [0.1, 0.15) is 11.3 Å². The summed E-state index contributed by atoms with van der Waals surface area (Å²) in [6.07, 6.45) is 4.30. The van der Waals surface area contributed by atoms with Gasteiger partial charge in [0.15, 0.2) is 5.82 Å². The van der Waals surface area contributed by atoms with Gasteiger partial charge in [-0.1, -0.05) is 19.9 Å². The lowest BCUT2D eigenvalue weighted by Crippen LogP contribution is -2.55. The van der Waals surface area contributed by atoms with Gasteiger partial charge in [-0.25, -0.2) is 9.37 Å². The fourth-order valence-electron chi connectivity index (χ4n) is 5.50. The molecule has 2 amide bonds. The second-order valence-electron chi connectivity index (χ2n) is 10.5. The van der Waals surface area contributed by atoms with Crippen LogP contribution in [0.2, 0.25) is 0 Å². The first-order chi connectivity index (χ1) is 17.4. The smallest absolute Gasteiger partial charge is 0.290 e. The molecule has 0 unspecified atom stereocenters. The van der Waals surface area contributed by atoms with Crippen LogP contribution in [0.5, 0.6) is 0 Å². The van der Waals surface area contributed by atoms with E-state index >= 15 is 0 Å². The molecular weight excluding hydrogens is 532 g/mol. The standard InChI is InChI=1S/C27H40FN5O3.2ClH/c1-19(2)18-33(21-15-20(16-29-17-21)26(34)31-11-4-5-12-31)27(35)25-30-23-10-8-9-22(28)24(23)32(25)13-6-7-14-36-3;;/h8-10,19-21,29H,4-7,11-18H2,1-3H3;2*1H/t20-,21+;;/m1../s1. The maximum absolute atomic E-state index is 14.9. The van der Waals surface area contributed by atoms with Crippen LogP contribution in [0.4, 0.5) is 4.39 Å². The summed E-state index contributed by atoms with van der Waals surface area (Å²) in [7, 11) is 1.66. The molecule has 1 aromatic heterocycles. The molecule has 11 heteroatoms. The predicted molar refractivity (Wildman–Crippen MR) is 152 cm³/mol. The number of nitrogens with one attached hydrogen (secondary N) is 1. The number of hydrogen-bond donors (Lipinski definition) is 1. The molecule has 2 aliphatic rings. The van der Waals surface area contributed by atoms with Gasteiger partial charge in [0, 0.05) is 59.0 Å². The van der Waals surface area contributed by atoms with Crippen LogP contribution in [0.25, 0.3) is 11.0 Å². The van der Waals surface area contributed by atoms with E-state index in [1.165, 1.54) is 6.07 Å². The number of aromatic nitrogens is 2. The number of carbonyl (C=O) groups excluding carboxylic acids is 2. The Morgan fingerprint density at radius 3 is 2.61 bits per heavy atom. The number of methoxy groups -OCH3 is 1. The van der Waals surface area contributed by atoms with Crippen LogP contribution in [-0.2, 0) is 16.1 Å². The Labute approximate surface area is 237 Å². The van der Waals surface area contributed by atoms with Crippen LogP contribution < -0.4 is 5.32 Å². The van der Waals surface area contributed by atoms with Crippen LogP contribution >= 0.6 is 24.8 Å². The second-order valence-corrected chi connectivity index (χ2v) is 10.5. The molecule has 1 N–H and O–H groups in total. The largest absolute Gasteiger partial charge is 0.385 e. The molecule has 2 saturated heterocycles. The number of amides is 2. The van der Waals surface area contributed by atoms with Gasteiger partial charge in [0.2, 0.25) is 5.91 Å². The third kappa shape index (κ3) is 7.37. The summed E-state index contributed by atoms with van der Waals surface area (Å²) in [5.74, 6) is -0.0336.